The fourth-order valence-corrected chi connectivity index (χ4v) is 4.39. The predicted octanol–water partition coefficient (Wildman–Crippen LogP) is 3.44. The van der Waals surface area contributed by atoms with Gasteiger partial charge in [-0.25, -0.2) is 0 Å². The van der Waals surface area contributed by atoms with Crippen LogP contribution in [-0.4, -0.2) is 30.4 Å². The third kappa shape index (κ3) is 2.74. The van der Waals surface area contributed by atoms with Crippen molar-refractivity contribution < 1.29 is 14.3 Å². The van der Waals surface area contributed by atoms with E-state index in [4.69, 9.17) is 4.74 Å². The van der Waals surface area contributed by atoms with E-state index in [1.165, 1.54) is 0 Å². The van der Waals surface area contributed by atoms with Crippen LogP contribution in [0, 0.1) is 5.41 Å². The average molecular weight is 380 g/mol. The van der Waals surface area contributed by atoms with Gasteiger partial charge in [-0.2, -0.15) is 0 Å². The minimum atomic E-state index is -0.667. The Bertz CT molecular complexity index is 657. The number of fused-ring (bicyclic) bond motifs is 1. The molecular formula is C18H22BrNO3. The van der Waals surface area contributed by atoms with E-state index >= 15 is 0 Å². The largest absolute Gasteiger partial charge is 0.459 e. The number of halogens is 1. The molecule has 1 aromatic rings. The smallest absolute Gasteiger partial charge is 0.315 e. The first-order valence-electron chi connectivity index (χ1n) is 8.03. The second kappa shape index (κ2) is 5.71. The summed E-state index contributed by atoms with van der Waals surface area (Å²) in [5, 5.41) is 3.29. The van der Waals surface area contributed by atoms with E-state index < -0.39 is 16.9 Å². The molecule has 1 aliphatic heterocycles. The molecule has 1 aliphatic carbocycles. The van der Waals surface area contributed by atoms with Crippen molar-refractivity contribution in [1.29, 1.82) is 0 Å². The van der Waals surface area contributed by atoms with Crippen LogP contribution in [0.25, 0.3) is 0 Å². The van der Waals surface area contributed by atoms with Crippen LogP contribution < -0.4 is 5.32 Å². The summed E-state index contributed by atoms with van der Waals surface area (Å²) in [6.45, 7) is 7.07. The van der Waals surface area contributed by atoms with Crippen LogP contribution in [-0.2, 0) is 9.53 Å². The minimum Gasteiger partial charge on any atom is -0.459 e. The number of ketones is 1. The molecule has 1 heterocycles. The fourth-order valence-electron chi connectivity index (χ4n) is 3.80. The van der Waals surface area contributed by atoms with Gasteiger partial charge < -0.3 is 10.1 Å². The molecule has 4 nitrogen and oxygen atoms in total. The zero-order chi connectivity index (χ0) is 16.8. The molecule has 0 saturated carbocycles. The van der Waals surface area contributed by atoms with Gasteiger partial charge in [0.05, 0.1) is 11.3 Å². The maximum absolute atomic E-state index is 13.1. The Kier molecular flexibility index (Phi) is 4.13. The fraction of sp³-hybridized carbons (Fsp3) is 0.556. The number of hydrogen-bond acceptors (Lipinski definition) is 4. The summed E-state index contributed by atoms with van der Waals surface area (Å²) >= 11 is 3.54. The Morgan fingerprint density at radius 1 is 1.30 bits per heavy atom. The lowest BCUT2D eigenvalue weighted by molar-refractivity contribution is -0.159. The third-order valence-corrected chi connectivity index (χ3v) is 5.42. The Labute approximate surface area is 145 Å². The minimum absolute atomic E-state index is 0.0890. The molecule has 1 atom stereocenters. The number of Topliss-reactive ketones (excluding diaryl/α,β-unsaturated/α-hetero) is 1. The van der Waals surface area contributed by atoms with E-state index in [9.17, 15) is 9.59 Å². The third-order valence-electron chi connectivity index (χ3n) is 4.73. The van der Waals surface area contributed by atoms with Gasteiger partial charge in [0.2, 0.25) is 0 Å². The van der Waals surface area contributed by atoms with Crippen molar-refractivity contribution in [3.05, 3.63) is 33.8 Å². The van der Waals surface area contributed by atoms with Gasteiger partial charge >= 0.3 is 5.97 Å². The molecule has 3 rings (SSSR count). The maximum Gasteiger partial charge on any atom is 0.315 e. The summed E-state index contributed by atoms with van der Waals surface area (Å²) in [6.07, 6.45) is 1.33. The highest BCUT2D eigenvalue weighted by Crippen LogP contribution is 2.54. The van der Waals surface area contributed by atoms with Crippen molar-refractivity contribution in [3.8, 4) is 0 Å². The number of nitrogens with one attached hydrogen (secondary N) is 1. The summed E-state index contributed by atoms with van der Waals surface area (Å²) < 4.78 is 6.49. The average Bonchev–Trinajstić information content (AvgIpc) is 2.70. The lowest BCUT2D eigenvalue weighted by Crippen LogP contribution is -2.46. The van der Waals surface area contributed by atoms with E-state index in [2.05, 4.69) is 21.2 Å². The van der Waals surface area contributed by atoms with Crippen molar-refractivity contribution in [1.82, 2.24) is 5.32 Å². The molecule has 1 saturated heterocycles. The summed E-state index contributed by atoms with van der Waals surface area (Å²) in [4.78, 5) is 26.1. The van der Waals surface area contributed by atoms with Gasteiger partial charge in [-0.3, -0.25) is 9.59 Å². The van der Waals surface area contributed by atoms with Gasteiger partial charge in [-0.15, -0.1) is 0 Å². The Morgan fingerprint density at radius 2 is 1.96 bits per heavy atom. The van der Waals surface area contributed by atoms with Gasteiger partial charge in [0.25, 0.3) is 0 Å². The van der Waals surface area contributed by atoms with Crippen LogP contribution in [0.5, 0.6) is 0 Å². The Hall–Kier alpha value is -1.20. The number of piperidine rings is 1. The summed E-state index contributed by atoms with van der Waals surface area (Å²) in [5.74, 6) is -0.730. The molecule has 124 valence electrons. The lowest BCUT2D eigenvalue weighted by Gasteiger charge is -2.37. The van der Waals surface area contributed by atoms with E-state index in [1.54, 1.807) is 0 Å². The highest BCUT2D eigenvalue weighted by atomic mass is 79.9. The van der Waals surface area contributed by atoms with E-state index in [-0.39, 0.29) is 11.8 Å². The number of ether oxygens (including phenoxy) is 1. The molecule has 1 unspecified atom stereocenters. The molecule has 2 aliphatic rings. The van der Waals surface area contributed by atoms with E-state index in [0.717, 1.165) is 23.1 Å². The van der Waals surface area contributed by atoms with Crippen molar-refractivity contribution in [3.63, 3.8) is 0 Å². The standard InChI is InChI=1S/C18H22BrNO3/c1-17(2,3)23-16(22)14-13-11(5-4-6-12(13)19)15(21)18(14)7-9-20-10-8-18/h4-6,14,20H,7-10H2,1-3H3. The van der Waals surface area contributed by atoms with Gasteiger partial charge in [0.15, 0.2) is 5.78 Å². The van der Waals surface area contributed by atoms with Crippen molar-refractivity contribution >= 4 is 27.7 Å². The quantitative estimate of drug-likeness (QED) is 0.759. The SMILES string of the molecule is CC(C)(C)OC(=O)C1c2c(Br)cccc2C(=O)C12CCNCC2. The van der Waals surface area contributed by atoms with E-state index in [0.29, 0.717) is 18.4 Å². The zero-order valence-electron chi connectivity index (χ0n) is 13.7. The van der Waals surface area contributed by atoms with Crippen LogP contribution in [0.15, 0.2) is 22.7 Å². The first-order chi connectivity index (χ1) is 10.8. The monoisotopic (exact) mass is 379 g/mol. The first-order valence-corrected chi connectivity index (χ1v) is 8.82. The van der Waals surface area contributed by atoms with Crippen LogP contribution >= 0.6 is 15.9 Å². The number of rotatable bonds is 1. The van der Waals surface area contributed by atoms with Gasteiger partial charge in [0, 0.05) is 10.0 Å². The zero-order valence-corrected chi connectivity index (χ0v) is 15.3. The second-order valence-electron chi connectivity index (χ2n) is 7.40. The summed E-state index contributed by atoms with van der Waals surface area (Å²) in [6, 6.07) is 5.58. The molecule has 0 bridgehead atoms. The van der Waals surface area contributed by atoms with Gasteiger partial charge in [0.1, 0.15) is 5.60 Å². The number of carbonyl (C=O) groups excluding carboxylic acids is 2. The van der Waals surface area contributed by atoms with E-state index in [1.807, 2.05) is 39.0 Å². The Balaban J connectivity index is 2.12. The normalized spacial score (nSPS) is 23.0. The van der Waals surface area contributed by atoms with Crippen LogP contribution in [0.4, 0.5) is 0 Å². The summed E-state index contributed by atoms with van der Waals surface area (Å²) in [5.41, 5.74) is 0.226. The van der Waals surface area contributed by atoms with Crippen LogP contribution in [0.2, 0.25) is 0 Å². The van der Waals surface area contributed by atoms with Crippen molar-refractivity contribution in [2.45, 2.75) is 45.1 Å². The topological polar surface area (TPSA) is 55.4 Å². The molecule has 1 fully saturated rings. The predicted molar refractivity (Wildman–Crippen MR) is 91.6 cm³/mol. The molecule has 1 N–H and O–H groups in total. The lowest BCUT2D eigenvalue weighted by atomic mass is 9.69. The second-order valence-corrected chi connectivity index (χ2v) is 8.26. The number of esters is 1. The van der Waals surface area contributed by atoms with Crippen molar-refractivity contribution in [2.24, 2.45) is 5.41 Å². The van der Waals surface area contributed by atoms with Gasteiger partial charge in [-0.05, 0) is 58.3 Å². The first kappa shape index (κ1) is 16.7. The molecule has 0 radical (unpaired) electrons. The van der Waals surface area contributed by atoms with Crippen LogP contribution in [0.3, 0.4) is 0 Å². The highest BCUT2D eigenvalue weighted by molar-refractivity contribution is 9.10. The highest BCUT2D eigenvalue weighted by Gasteiger charge is 2.57. The molecule has 23 heavy (non-hydrogen) atoms. The number of carbonyl (C=O) groups is 2. The van der Waals surface area contributed by atoms with Crippen molar-refractivity contribution in [2.75, 3.05) is 13.1 Å². The molecular weight excluding hydrogens is 358 g/mol. The number of hydrogen-bond donors (Lipinski definition) is 1. The molecule has 1 aromatic carbocycles. The maximum atomic E-state index is 13.1. The molecule has 0 aromatic heterocycles. The van der Waals surface area contributed by atoms with Gasteiger partial charge in [-0.1, -0.05) is 28.1 Å². The summed E-state index contributed by atoms with van der Waals surface area (Å²) in [7, 11) is 0. The van der Waals surface area contributed by atoms with Crippen LogP contribution in [0.1, 0.15) is 55.5 Å². The number of benzene rings is 1. The molecule has 0 amide bonds. The molecule has 1 spiro atoms. The Morgan fingerprint density at radius 3 is 2.57 bits per heavy atom. The molecule has 5 heteroatoms.